The highest BCUT2D eigenvalue weighted by molar-refractivity contribution is 6.32. The van der Waals surface area contributed by atoms with E-state index < -0.39 is 0 Å². The van der Waals surface area contributed by atoms with E-state index in [1.807, 2.05) is 30.3 Å². The SMILES string of the molecule is O=C(CCl)Nc1ccc(Oc2ccccc2)c(Cl)c1. The topological polar surface area (TPSA) is 38.3 Å². The lowest BCUT2D eigenvalue weighted by atomic mass is 10.3. The summed E-state index contributed by atoms with van der Waals surface area (Å²) in [6.07, 6.45) is 0. The number of carbonyl (C=O) groups is 1. The molecular formula is C14H11Cl2NO2. The molecule has 0 unspecified atom stereocenters. The van der Waals surface area contributed by atoms with Crippen LogP contribution in [0.25, 0.3) is 0 Å². The third kappa shape index (κ3) is 3.88. The summed E-state index contributed by atoms with van der Waals surface area (Å²) in [5, 5.41) is 3.03. The predicted octanol–water partition coefficient (Wildman–Crippen LogP) is 4.31. The van der Waals surface area contributed by atoms with Crippen molar-refractivity contribution < 1.29 is 9.53 Å². The van der Waals surface area contributed by atoms with Crippen LogP contribution in [-0.4, -0.2) is 11.8 Å². The Kier molecular flexibility index (Phi) is 4.66. The monoisotopic (exact) mass is 295 g/mol. The van der Waals surface area contributed by atoms with Gasteiger partial charge in [-0.25, -0.2) is 0 Å². The Hall–Kier alpha value is -1.71. The van der Waals surface area contributed by atoms with E-state index in [4.69, 9.17) is 27.9 Å². The summed E-state index contributed by atoms with van der Waals surface area (Å²) >= 11 is 11.5. The number of benzene rings is 2. The van der Waals surface area contributed by atoms with Crippen LogP contribution in [0.15, 0.2) is 48.5 Å². The summed E-state index contributed by atoms with van der Waals surface area (Å²) in [7, 11) is 0. The van der Waals surface area contributed by atoms with E-state index in [1.165, 1.54) is 0 Å². The van der Waals surface area contributed by atoms with Crippen molar-refractivity contribution in [1.82, 2.24) is 0 Å². The summed E-state index contributed by atoms with van der Waals surface area (Å²) in [4.78, 5) is 11.2. The van der Waals surface area contributed by atoms with Crippen LogP contribution < -0.4 is 10.1 Å². The lowest BCUT2D eigenvalue weighted by molar-refractivity contribution is -0.113. The zero-order valence-corrected chi connectivity index (χ0v) is 11.4. The molecule has 0 atom stereocenters. The van der Waals surface area contributed by atoms with Gasteiger partial charge in [0.15, 0.2) is 0 Å². The van der Waals surface area contributed by atoms with Crippen molar-refractivity contribution in [1.29, 1.82) is 0 Å². The van der Waals surface area contributed by atoms with Gasteiger partial charge < -0.3 is 10.1 Å². The summed E-state index contributed by atoms with van der Waals surface area (Å²) in [6.45, 7) is 0. The minimum atomic E-state index is -0.283. The number of rotatable bonds is 4. The molecular weight excluding hydrogens is 285 g/mol. The minimum absolute atomic E-state index is 0.0973. The molecule has 0 heterocycles. The second-order valence-electron chi connectivity index (χ2n) is 3.74. The molecule has 0 spiro atoms. The van der Waals surface area contributed by atoms with E-state index in [0.717, 1.165) is 0 Å². The van der Waals surface area contributed by atoms with Gasteiger partial charge >= 0.3 is 0 Å². The lowest BCUT2D eigenvalue weighted by Crippen LogP contribution is -2.12. The molecule has 0 aliphatic rings. The standard InChI is InChI=1S/C14H11Cl2NO2/c15-9-14(18)17-10-6-7-13(12(16)8-10)19-11-4-2-1-3-5-11/h1-8H,9H2,(H,17,18). The van der Waals surface area contributed by atoms with Crippen molar-refractivity contribution in [2.45, 2.75) is 0 Å². The minimum Gasteiger partial charge on any atom is -0.456 e. The number of hydrogen-bond donors (Lipinski definition) is 1. The molecule has 2 rings (SSSR count). The van der Waals surface area contributed by atoms with Gasteiger partial charge in [-0.05, 0) is 30.3 Å². The Morgan fingerprint density at radius 3 is 2.53 bits per heavy atom. The zero-order chi connectivity index (χ0) is 13.7. The molecule has 0 saturated heterocycles. The summed E-state index contributed by atoms with van der Waals surface area (Å²) < 4.78 is 5.62. The number of anilines is 1. The van der Waals surface area contributed by atoms with E-state index in [2.05, 4.69) is 5.32 Å². The molecule has 3 nitrogen and oxygen atoms in total. The van der Waals surface area contributed by atoms with Crippen molar-refractivity contribution in [2.75, 3.05) is 11.2 Å². The van der Waals surface area contributed by atoms with E-state index in [-0.39, 0.29) is 11.8 Å². The third-order valence-electron chi connectivity index (χ3n) is 2.31. The van der Waals surface area contributed by atoms with E-state index in [9.17, 15) is 4.79 Å². The molecule has 2 aromatic rings. The van der Waals surface area contributed by atoms with Gasteiger partial charge in [0, 0.05) is 5.69 Å². The molecule has 0 aromatic heterocycles. The highest BCUT2D eigenvalue weighted by atomic mass is 35.5. The van der Waals surface area contributed by atoms with Crippen molar-refractivity contribution in [3.05, 3.63) is 53.6 Å². The smallest absolute Gasteiger partial charge is 0.239 e. The maximum Gasteiger partial charge on any atom is 0.239 e. The highest BCUT2D eigenvalue weighted by Gasteiger charge is 2.06. The fourth-order valence-electron chi connectivity index (χ4n) is 1.47. The van der Waals surface area contributed by atoms with Gasteiger partial charge in [-0.1, -0.05) is 29.8 Å². The highest BCUT2D eigenvalue weighted by Crippen LogP contribution is 2.31. The Labute approximate surface area is 121 Å². The fraction of sp³-hybridized carbons (Fsp3) is 0.0714. The van der Waals surface area contributed by atoms with Crippen molar-refractivity contribution >= 4 is 34.8 Å². The molecule has 0 saturated carbocycles. The first-order chi connectivity index (χ1) is 9.19. The van der Waals surface area contributed by atoms with Crippen LogP contribution in [0.4, 0.5) is 5.69 Å². The van der Waals surface area contributed by atoms with Gasteiger partial charge in [-0.3, -0.25) is 4.79 Å². The van der Waals surface area contributed by atoms with E-state index in [0.29, 0.717) is 22.2 Å². The van der Waals surface area contributed by atoms with Crippen LogP contribution in [0.1, 0.15) is 0 Å². The lowest BCUT2D eigenvalue weighted by Gasteiger charge is -2.09. The second kappa shape index (κ2) is 6.45. The van der Waals surface area contributed by atoms with Gasteiger partial charge in [0.2, 0.25) is 5.91 Å². The quantitative estimate of drug-likeness (QED) is 0.854. The first kappa shape index (κ1) is 13.7. The number of para-hydroxylation sites is 1. The number of carbonyl (C=O) groups excluding carboxylic acids is 1. The van der Waals surface area contributed by atoms with Gasteiger partial charge in [0.1, 0.15) is 17.4 Å². The number of alkyl halides is 1. The van der Waals surface area contributed by atoms with Crippen LogP contribution >= 0.6 is 23.2 Å². The van der Waals surface area contributed by atoms with Crippen LogP contribution in [0, 0.1) is 0 Å². The average molecular weight is 296 g/mol. The molecule has 1 amide bonds. The van der Waals surface area contributed by atoms with Gasteiger partial charge in [0.25, 0.3) is 0 Å². The molecule has 0 aliphatic carbocycles. The Morgan fingerprint density at radius 1 is 1.16 bits per heavy atom. The number of nitrogens with one attached hydrogen (secondary N) is 1. The number of hydrogen-bond acceptors (Lipinski definition) is 2. The normalized spacial score (nSPS) is 10.0. The Morgan fingerprint density at radius 2 is 1.89 bits per heavy atom. The molecule has 2 aromatic carbocycles. The molecule has 0 aliphatic heterocycles. The number of amides is 1. The van der Waals surface area contributed by atoms with Crippen molar-refractivity contribution in [3.8, 4) is 11.5 Å². The first-order valence-electron chi connectivity index (χ1n) is 5.57. The zero-order valence-electron chi connectivity index (χ0n) is 9.90. The number of ether oxygens (including phenoxy) is 1. The van der Waals surface area contributed by atoms with Crippen LogP contribution in [0.2, 0.25) is 5.02 Å². The van der Waals surface area contributed by atoms with Gasteiger partial charge in [0.05, 0.1) is 5.02 Å². The molecule has 98 valence electrons. The summed E-state index contributed by atoms with van der Waals surface area (Å²) in [5.41, 5.74) is 0.580. The van der Waals surface area contributed by atoms with Crippen LogP contribution in [0.3, 0.4) is 0 Å². The predicted molar refractivity (Wildman–Crippen MR) is 77.3 cm³/mol. The fourth-order valence-corrected chi connectivity index (χ4v) is 1.76. The Bertz CT molecular complexity index is 573. The first-order valence-corrected chi connectivity index (χ1v) is 6.48. The maximum absolute atomic E-state index is 11.2. The third-order valence-corrected chi connectivity index (χ3v) is 2.85. The summed E-state index contributed by atoms with van der Waals surface area (Å²) in [6, 6.07) is 14.3. The maximum atomic E-state index is 11.2. The van der Waals surface area contributed by atoms with Gasteiger partial charge in [-0.15, -0.1) is 11.6 Å². The molecule has 5 heteroatoms. The van der Waals surface area contributed by atoms with Crippen molar-refractivity contribution in [2.24, 2.45) is 0 Å². The Balaban J connectivity index is 2.13. The second-order valence-corrected chi connectivity index (χ2v) is 4.42. The van der Waals surface area contributed by atoms with Crippen LogP contribution in [0.5, 0.6) is 11.5 Å². The van der Waals surface area contributed by atoms with Crippen molar-refractivity contribution in [3.63, 3.8) is 0 Å². The molecule has 0 radical (unpaired) electrons. The molecule has 19 heavy (non-hydrogen) atoms. The average Bonchev–Trinajstić information content (AvgIpc) is 2.43. The van der Waals surface area contributed by atoms with Gasteiger partial charge in [-0.2, -0.15) is 0 Å². The van der Waals surface area contributed by atoms with E-state index in [1.54, 1.807) is 18.2 Å². The largest absolute Gasteiger partial charge is 0.456 e. The van der Waals surface area contributed by atoms with E-state index >= 15 is 0 Å². The molecule has 0 fully saturated rings. The molecule has 0 bridgehead atoms. The number of halogens is 2. The molecule has 1 N–H and O–H groups in total. The van der Waals surface area contributed by atoms with Crippen LogP contribution in [-0.2, 0) is 4.79 Å². The summed E-state index contributed by atoms with van der Waals surface area (Å²) in [5.74, 6) is 0.841.